The molecular weight excluding hydrogens is 245 g/mol. The van der Waals surface area contributed by atoms with Crippen LogP contribution in [0.25, 0.3) is 11.0 Å². The molecule has 1 heterocycles. The molecule has 0 aliphatic rings. The summed E-state index contributed by atoms with van der Waals surface area (Å²) in [5, 5.41) is 9.16. The van der Waals surface area contributed by atoms with E-state index in [1.54, 1.807) is 24.3 Å². The second-order valence-corrected chi connectivity index (χ2v) is 4.04. The fourth-order valence-corrected chi connectivity index (χ4v) is 1.88. The van der Waals surface area contributed by atoms with Crippen molar-refractivity contribution in [3.05, 3.63) is 30.1 Å². The lowest BCUT2D eigenvalue weighted by molar-refractivity contribution is -0.207. The summed E-state index contributed by atoms with van der Waals surface area (Å²) >= 11 is 0. The van der Waals surface area contributed by atoms with Crippen molar-refractivity contribution < 1.29 is 18.3 Å². The molecule has 3 nitrogen and oxygen atoms in total. The monoisotopic (exact) mass is 258 g/mol. The van der Waals surface area contributed by atoms with Crippen molar-refractivity contribution in [2.24, 2.45) is 0 Å². The summed E-state index contributed by atoms with van der Waals surface area (Å²) in [5.74, 6) is 0.541. The predicted molar refractivity (Wildman–Crippen MR) is 61.2 cm³/mol. The van der Waals surface area contributed by atoms with Gasteiger partial charge in [0.2, 0.25) is 0 Å². The molecule has 0 amide bonds. The van der Waals surface area contributed by atoms with Crippen molar-refractivity contribution in [2.75, 3.05) is 0 Å². The third-order valence-electron chi connectivity index (χ3n) is 2.78. The van der Waals surface area contributed by atoms with E-state index in [4.69, 9.17) is 5.11 Å². The van der Waals surface area contributed by atoms with Crippen LogP contribution in [-0.4, -0.2) is 26.9 Å². The van der Waals surface area contributed by atoms with E-state index in [1.807, 2.05) is 6.92 Å². The minimum atomic E-state index is -4.61. The van der Waals surface area contributed by atoms with Gasteiger partial charge in [0.15, 0.2) is 6.10 Å². The SMILES string of the molecule is CCc1nc2ccccc2n1CC(O)C(F)(F)F. The number of halogens is 3. The minimum Gasteiger partial charge on any atom is -0.382 e. The standard InChI is InChI=1S/C12H13F3N2O/c1-2-11-16-8-5-3-4-6-9(8)17(11)7-10(18)12(13,14)15/h3-6,10,18H,2,7H2,1H3. The predicted octanol–water partition coefficient (Wildman–Crippen LogP) is 2.52. The fourth-order valence-electron chi connectivity index (χ4n) is 1.88. The summed E-state index contributed by atoms with van der Waals surface area (Å²) in [6.45, 7) is 1.30. The van der Waals surface area contributed by atoms with Gasteiger partial charge in [0.05, 0.1) is 17.6 Å². The molecule has 0 saturated heterocycles. The maximum atomic E-state index is 12.4. The zero-order chi connectivity index (χ0) is 13.3. The summed E-state index contributed by atoms with van der Waals surface area (Å²) < 4.78 is 38.6. The summed E-state index contributed by atoms with van der Waals surface area (Å²) in [6, 6.07) is 6.95. The minimum absolute atomic E-state index is 0.513. The number of alkyl halides is 3. The van der Waals surface area contributed by atoms with Gasteiger partial charge in [0.25, 0.3) is 0 Å². The lowest BCUT2D eigenvalue weighted by Gasteiger charge is -2.16. The van der Waals surface area contributed by atoms with Gasteiger partial charge in [0, 0.05) is 6.42 Å². The van der Waals surface area contributed by atoms with E-state index in [9.17, 15) is 13.2 Å². The van der Waals surface area contributed by atoms with Crippen molar-refractivity contribution in [3.8, 4) is 0 Å². The average Bonchev–Trinajstić information content (AvgIpc) is 2.66. The number of benzene rings is 1. The largest absolute Gasteiger partial charge is 0.416 e. The van der Waals surface area contributed by atoms with E-state index < -0.39 is 18.8 Å². The van der Waals surface area contributed by atoms with Crippen LogP contribution in [0.4, 0.5) is 13.2 Å². The molecule has 1 aromatic heterocycles. The van der Waals surface area contributed by atoms with Crippen LogP contribution in [-0.2, 0) is 13.0 Å². The van der Waals surface area contributed by atoms with E-state index in [1.165, 1.54) is 4.57 Å². The molecule has 1 atom stereocenters. The van der Waals surface area contributed by atoms with Crippen molar-refractivity contribution in [1.82, 2.24) is 9.55 Å². The highest BCUT2D eigenvalue weighted by atomic mass is 19.4. The van der Waals surface area contributed by atoms with Crippen LogP contribution in [0.3, 0.4) is 0 Å². The lowest BCUT2D eigenvalue weighted by Crippen LogP contribution is -2.33. The third-order valence-corrected chi connectivity index (χ3v) is 2.78. The van der Waals surface area contributed by atoms with Crippen molar-refractivity contribution in [1.29, 1.82) is 0 Å². The Hall–Kier alpha value is -1.56. The summed E-state index contributed by atoms with van der Waals surface area (Å²) in [4.78, 5) is 4.25. The first-order valence-corrected chi connectivity index (χ1v) is 5.62. The molecule has 0 spiro atoms. The Kier molecular flexibility index (Phi) is 3.30. The van der Waals surface area contributed by atoms with Gasteiger partial charge in [-0.15, -0.1) is 0 Å². The number of aliphatic hydroxyl groups excluding tert-OH is 1. The highest BCUT2D eigenvalue weighted by Gasteiger charge is 2.38. The number of hydrogen-bond donors (Lipinski definition) is 1. The second-order valence-electron chi connectivity index (χ2n) is 4.04. The highest BCUT2D eigenvalue weighted by molar-refractivity contribution is 5.75. The molecule has 0 bridgehead atoms. The molecule has 18 heavy (non-hydrogen) atoms. The Bertz CT molecular complexity index is 548. The van der Waals surface area contributed by atoms with Gasteiger partial charge >= 0.3 is 6.18 Å². The Morgan fingerprint density at radius 2 is 2.00 bits per heavy atom. The number of hydrogen-bond acceptors (Lipinski definition) is 2. The quantitative estimate of drug-likeness (QED) is 0.918. The normalized spacial score (nSPS) is 14.1. The number of para-hydroxylation sites is 2. The van der Waals surface area contributed by atoms with Crippen LogP contribution in [0.15, 0.2) is 24.3 Å². The maximum absolute atomic E-state index is 12.4. The number of nitrogens with zero attached hydrogens (tertiary/aromatic N) is 2. The summed E-state index contributed by atoms with van der Waals surface area (Å²) in [7, 11) is 0. The van der Waals surface area contributed by atoms with Gasteiger partial charge in [-0.2, -0.15) is 13.2 Å². The third kappa shape index (κ3) is 2.33. The molecule has 6 heteroatoms. The zero-order valence-electron chi connectivity index (χ0n) is 9.78. The van der Waals surface area contributed by atoms with E-state index in [0.717, 1.165) is 0 Å². The van der Waals surface area contributed by atoms with Crippen molar-refractivity contribution in [2.45, 2.75) is 32.2 Å². The molecule has 0 aliphatic carbocycles. The molecule has 1 unspecified atom stereocenters. The lowest BCUT2D eigenvalue weighted by atomic mass is 10.3. The summed E-state index contributed by atoms with van der Waals surface area (Å²) in [5.41, 5.74) is 1.25. The molecule has 2 rings (SSSR count). The molecule has 2 aromatic rings. The topological polar surface area (TPSA) is 38.0 Å². The highest BCUT2D eigenvalue weighted by Crippen LogP contribution is 2.24. The first kappa shape index (κ1) is 12.9. The molecule has 98 valence electrons. The van der Waals surface area contributed by atoms with E-state index in [0.29, 0.717) is 23.3 Å². The van der Waals surface area contributed by atoms with Crippen molar-refractivity contribution in [3.63, 3.8) is 0 Å². The number of imidazole rings is 1. The molecule has 0 radical (unpaired) electrons. The maximum Gasteiger partial charge on any atom is 0.416 e. The Morgan fingerprint density at radius 3 is 2.61 bits per heavy atom. The first-order chi connectivity index (χ1) is 8.43. The van der Waals surface area contributed by atoms with Gasteiger partial charge in [-0.1, -0.05) is 19.1 Å². The first-order valence-electron chi connectivity index (χ1n) is 5.62. The Labute approximate surface area is 102 Å². The van der Waals surface area contributed by atoms with Crippen LogP contribution in [0.1, 0.15) is 12.7 Å². The van der Waals surface area contributed by atoms with Gasteiger partial charge in [-0.25, -0.2) is 4.98 Å². The molecule has 0 fully saturated rings. The molecule has 1 N–H and O–H groups in total. The van der Waals surface area contributed by atoms with E-state index >= 15 is 0 Å². The Morgan fingerprint density at radius 1 is 1.33 bits per heavy atom. The van der Waals surface area contributed by atoms with Crippen LogP contribution in [0.5, 0.6) is 0 Å². The second kappa shape index (κ2) is 4.61. The van der Waals surface area contributed by atoms with Crippen molar-refractivity contribution >= 4 is 11.0 Å². The van der Waals surface area contributed by atoms with Gasteiger partial charge in [0.1, 0.15) is 5.82 Å². The van der Waals surface area contributed by atoms with Gasteiger partial charge < -0.3 is 9.67 Å². The molecule has 1 aromatic carbocycles. The average molecular weight is 258 g/mol. The van der Waals surface area contributed by atoms with Gasteiger partial charge in [-0.05, 0) is 12.1 Å². The van der Waals surface area contributed by atoms with Crippen LogP contribution in [0, 0.1) is 0 Å². The zero-order valence-corrected chi connectivity index (χ0v) is 9.78. The van der Waals surface area contributed by atoms with Crippen LogP contribution >= 0.6 is 0 Å². The Balaban J connectivity index is 2.43. The number of aryl methyl sites for hydroxylation is 1. The van der Waals surface area contributed by atoms with Gasteiger partial charge in [-0.3, -0.25) is 0 Å². The number of aromatic nitrogens is 2. The van der Waals surface area contributed by atoms with E-state index in [-0.39, 0.29) is 0 Å². The van der Waals surface area contributed by atoms with Crippen LogP contribution in [0.2, 0.25) is 0 Å². The van der Waals surface area contributed by atoms with Crippen LogP contribution < -0.4 is 0 Å². The molecule has 0 saturated carbocycles. The van der Waals surface area contributed by atoms with E-state index in [2.05, 4.69) is 4.98 Å². The smallest absolute Gasteiger partial charge is 0.382 e. The fraction of sp³-hybridized carbons (Fsp3) is 0.417. The number of aliphatic hydroxyl groups is 1. The number of fused-ring (bicyclic) bond motifs is 1. The summed E-state index contributed by atoms with van der Waals surface area (Å²) in [6.07, 6.45) is -6.48. The molecular formula is C12H13F3N2O. The number of rotatable bonds is 3. The molecule has 0 aliphatic heterocycles.